The molecule has 0 fully saturated rings. The monoisotopic (exact) mass is 226 g/mol. The van der Waals surface area contributed by atoms with Crippen LogP contribution < -0.4 is 10.6 Å². The van der Waals surface area contributed by atoms with Crippen molar-refractivity contribution >= 4 is 23.0 Å². The number of anilines is 1. The van der Waals surface area contributed by atoms with Crippen molar-refractivity contribution in [3.05, 3.63) is 30.3 Å². The molecule has 0 aliphatic rings. The van der Waals surface area contributed by atoms with E-state index in [4.69, 9.17) is 22.4 Å². The van der Waals surface area contributed by atoms with Crippen molar-refractivity contribution in [3.63, 3.8) is 0 Å². The number of benzene rings is 1. The first-order valence-electron chi connectivity index (χ1n) is 4.61. The first-order valence-corrected chi connectivity index (χ1v) is 5.02. The van der Waals surface area contributed by atoms with E-state index in [2.05, 4.69) is 10.6 Å². The van der Waals surface area contributed by atoms with Crippen LogP contribution in [0.25, 0.3) is 0 Å². The standard InChI is InChI=1S/C10H14N2O2S/c13-7-9(14)6-11-10(15)12-8-4-2-1-3-5-8/h1-5,9,13-14H,6-7H2,(H2,11,12,15)/t9-/m1/s1. The molecule has 82 valence electrons. The van der Waals surface area contributed by atoms with Gasteiger partial charge in [-0.05, 0) is 24.4 Å². The lowest BCUT2D eigenvalue weighted by atomic mass is 10.3. The normalized spacial score (nSPS) is 11.9. The predicted molar refractivity (Wildman–Crippen MR) is 63.8 cm³/mol. The van der Waals surface area contributed by atoms with Gasteiger partial charge >= 0.3 is 0 Å². The fraction of sp³-hybridized carbons (Fsp3) is 0.300. The molecule has 1 aromatic carbocycles. The minimum Gasteiger partial charge on any atom is -0.394 e. The summed E-state index contributed by atoms with van der Waals surface area (Å²) in [5, 5.41) is 23.8. The molecule has 0 saturated carbocycles. The maximum atomic E-state index is 9.07. The van der Waals surface area contributed by atoms with Crippen LogP contribution in [0, 0.1) is 0 Å². The molecule has 0 bridgehead atoms. The summed E-state index contributed by atoms with van der Waals surface area (Å²) >= 11 is 4.99. The van der Waals surface area contributed by atoms with Gasteiger partial charge in [0.05, 0.1) is 12.7 Å². The molecule has 4 N–H and O–H groups in total. The van der Waals surface area contributed by atoms with Crippen LogP contribution in [-0.2, 0) is 0 Å². The topological polar surface area (TPSA) is 64.5 Å². The molecule has 0 heterocycles. The molecular formula is C10H14N2O2S. The average molecular weight is 226 g/mol. The number of rotatable bonds is 4. The Labute approximate surface area is 93.9 Å². The molecule has 0 aliphatic carbocycles. The van der Waals surface area contributed by atoms with E-state index in [1.54, 1.807) is 0 Å². The molecule has 0 spiro atoms. The zero-order valence-corrected chi connectivity index (χ0v) is 9.00. The minimum atomic E-state index is -0.791. The van der Waals surface area contributed by atoms with Gasteiger partial charge in [0.15, 0.2) is 5.11 Å². The molecule has 0 radical (unpaired) electrons. The van der Waals surface area contributed by atoms with Gasteiger partial charge in [-0.25, -0.2) is 0 Å². The first kappa shape index (κ1) is 11.9. The number of nitrogens with one attached hydrogen (secondary N) is 2. The molecule has 5 heteroatoms. The zero-order valence-electron chi connectivity index (χ0n) is 8.18. The highest BCUT2D eigenvalue weighted by Crippen LogP contribution is 2.04. The maximum absolute atomic E-state index is 9.07. The van der Waals surface area contributed by atoms with Crippen LogP contribution >= 0.6 is 12.2 Å². The van der Waals surface area contributed by atoms with Gasteiger partial charge in [-0.3, -0.25) is 0 Å². The third kappa shape index (κ3) is 4.73. The highest BCUT2D eigenvalue weighted by molar-refractivity contribution is 7.80. The lowest BCUT2D eigenvalue weighted by Crippen LogP contribution is -2.36. The van der Waals surface area contributed by atoms with Gasteiger partial charge < -0.3 is 20.8 Å². The molecule has 1 rings (SSSR count). The smallest absolute Gasteiger partial charge is 0.170 e. The van der Waals surface area contributed by atoms with E-state index in [9.17, 15) is 0 Å². The van der Waals surface area contributed by atoms with E-state index in [0.29, 0.717) is 5.11 Å². The Balaban J connectivity index is 2.31. The van der Waals surface area contributed by atoms with Crippen LogP contribution in [0.2, 0.25) is 0 Å². The van der Waals surface area contributed by atoms with E-state index >= 15 is 0 Å². The Hall–Kier alpha value is -1.17. The van der Waals surface area contributed by atoms with Gasteiger partial charge in [0.2, 0.25) is 0 Å². The number of thiocarbonyl (C=S) groups is 1. The van der Waals surface area contributed by atoms with Crippen molar-refractivity contribution < 1.29 is 10.2 Å². The first-order chi connectivity index (χ1) is 7.22. The molecule has 1 atom stereocenters. The molecule has 4 nitrogen and oxygen atoms in total. The third-order valence-electron chi connectivity index (χ3n) is 1.74. The summed E-state index contributed by atoms with van der Waals surface area (Å²) in [6, 6.07) is 9.48. The quantitative estimate of drug-likeness (QED) is 0.557. The van der Waals surface area contributed by atoms with E-state index in [1.165, 1.54) is 0 Å². The van der Waals surface area contributed by atoms with E-state index in [1.807, 2.05) is 30.3 Å². The number of hydrogen-bond donors (Lipinski definition) is 4. The van der Waals surface area contributed by atoms with Crippen molar-refractivity contribution in [1.82, 2.24) is 5.32 Å². The Bertz CT molecular complexity index is 306. The number of aliphatic hydroxyl groups is 2. The molecule has 0 amide bonds. The summed E-state index contributed by atoms with van der Waals surface area (Å²) in [6.07, 6.45) is -0.791. The molecule has 0 aliphatic heterocycles. The van der Waals surface area contributed by atoms with E-state index < -0.39 is 6.10 Å². The summed E-state index contributed by atoms with van der Waals surface area (Å²) in [7, 11) is 0. The molecule has 0 aromatic heterocycles. The van der Waals surface area contributed by atoms with Crippen molar-refractivity contribution in [2.75, 3.05) is 18.5 Å². The Morgan fingerprint density at radius 3 is 2.60 bits per heavy atom. The van der Waals surface area contributed by atoms with E-state index in [-0.39, 0.29) is 13.2 Å². The van der Waals surface area contributed by atoms with Crippen LogP contribution in [-0.4, -0.2) is 34.6 Å². The summed E-state index contributed by atoms with van der Waals surface area (Å²) in [5.74, 6) is 0. The van der Waals surface area contributed by atoms with E-state index in [0.717, 1.165) is 5.69 Å². The summed E-state index contributed by atoms with van der Waals surface area (Å²) < 4.78 is 0. The highest BCUT2D eigenvalue weighted by atomic mass is 32.1. The van der Waals surface area contributed by atoms with Gasteiger partial charge in [-0.1, -0.05) is 18.2 Å². The summed E-state index contributed by atoms with van der Waals surface area (Å²) in [4.78, 5) is 0. The second kappa shape index (κ2) is 6.34. The minimum absolute atomic E-state index is 0.231. The van der Waals surface area contributed by atoms with Crippen LogP contribution in [0.4, 0.5) is 5.69 Å². The van der Waals surface area contributed by atoms with Gasteiger partial charge in [-0.15, -0.1) is 0 Å². The fourth-order valence-corrected chi connectivity index (χ4v) is 1.17. The lowest BCUT2D eigenvalue weighted by molar-refractivity contribution is 0.0984. The van der Waals surface area contributed by atoms with Crippen LogP contribution in [0.15, 0.2) is 30.3 Å². The van der Waals surface area contributed by atoms with Gasteiger partial charge in [0, 0.05) is 12.2 Å². The summed E-state index contributed by atoms with van der Waals surface area (Å²) in [5.41, 5.74) is 0.883. The molecule has 15 heavy (non-hydrogen) atoms. The van der Waals surface area contributed by atoms with Crippen molar-refractivity contribution in [3.8, 4) is 0 Å². The Kier molecular flexibility index (Phi) is 5.03. The molecular weight excluding hydrogens is 212 g/mol. The summed E-state index contributed by atoms with van der Waals surface area (Å²) in [6.45, 7) is -0.0455. The second-order valence-corrected chi connectivity index (χ2v) is 3.45. The van der Waals surface area contributed by atoms with Crippen molar-refractivity contribution in [2.24, 2.45) is 0 Å². The fourth-order valence-electron chi connectivity index (χ4n) is 0.972. The van der Waals surface area contributed by atoms with Gasteiger partial charge in [0.1, 0.15) is 0 Å². The van der Waals surface area contributed by atoms with Gasteiger partial charge in [0.25, 0.3) is 0 Å². The predicted octanol–water partition coefficient (Wildman–Crippen LogP) is 0.326. The van der Waals surface area contributed by atoms with Gasteiger partial charge in [-0.2, -0.15) is 0 Å². The number of aliphatic hydroxyl groups excluding tert-OH is 2. The van der Waals surface area contributed by atoms with Crippen LogP contribution in [0.3, 0.4) is 0 Å². The Morgan fingerprint density at radius 1 is 1.33 bits per heavy atom. The van der Waals surface area contributed by atoms with Crippen LogP contribution in [0.1, 0.15) is 0 Å². The van der Waals surface area contributed by atoms with Crippen molar-refractivity contribution in [2.45, 2.75) is 6.10 Å². The molecule has 1 aromatic rings. The second-order valence-electron chi connectivity index (χ2n) is 3.04. The average Bonchev–Trinajstić information content (AvgIpc) is 2.27. The largest absolute Gasteiger partial charge is 0.394 e. The maximum Gasteiger partial charge on any atom is 0.170 e. The van der Waals surface area contributed by atoms with Crippen LogP contribution in [0.5, 0.6) is 0 Å². The molecule has 0 saturated heterocycles. The van der Waals surface area contributed by atoms with Crippen molar-refractivity contribution in [1.29, 1.82) is 0 Å². The number of para-hydroxylation sites is 1. The Morgan fingerprint density at radius 2 is 2.00 bits per heavy atom. The SMILES string of the molecule is OC[C@H](O)CNC(=S)Nc1ccccc1. The number of hydrogen-bond acceptors (Lipinski definition) is 3. The highest BCUT2D eigenvalue weighted by Gasteiger charge is 2.02. The molecule has 0 unspecified atom stereocenters. The third-order valence-corrected chi connectivity index (χ3v) is 1.99. The lowest BCUT2D eigenvalue weighted by Gasteiger charge is -2.12. The zero-order chi connectivity index (χ0) is 11.1.